The standard InChI is InChI=1S/C15H23N/c1-2-13-7-10(1)8-14(13)9-16-15(11-3-4-11)12-5-6-12/h1-2,10-16H,3-9H2. The fourth-order valence-electron chi connectivity index (χ4n) is 4.05. The second kappa shape index (κ2) is 3.60. The molecule has 4 aliphatic rings. The number of hydrogen-bond acceptors (Lipinski definition) is 1. The predicted octanol–water partition coefficient (Wildman–Crippen LogP) is 2.98. The molecule has 3 fully saturated rings. The van der Waals surface area contributed by atoms with Crippen molar-refractivity contribution in [1.29, 1.82) is 0 Å². The lowest BCUT2D eigenvalue weighted by Crippen LogP contribution is -2.37. The molecule has 3 unspecified atom stereocenters. The third kappa shape index (κ3) is 1.73. The van der Waals surface area contributed by atoms with E-state index in [1.165, 1.54) is 45.1 Å². The van der Waals surface area contributed by atoms with Gasteiger partial charge in [-0.15, -0.1) is 0 Å². The summed E-state index contributed by atoms with van der Waals surface area (Å²) in [7, 11) is 0. The summed E-state index contributed by atoms with van der Waals surface area (Å²) in [5.41, 5.74) is 0. The van der Waals surface area contributed by atoms with Gasteiger partial charge in [0.2, 0.25) is 0 Å². The zero-order valence-corrected chi connectivity index (χ0v) is 10.1. The van der Waals surface area contributed by atoms with Gasteiger partial charge in [0.15, 0.2) is 0 Å². The molecule has 0 spiro atoms. The summed E-state index contributed by atoms with van der Waals surface area (Å²) in [6.45, 7) is 1.31. The topological polar surface area (TPSA) is 12.0 Å². The highest BCUT2D eigenvalue weighted by Gasteiger charge is 2.42. The average molecular weight is 217 g/mol. The maximum Gasteiger partial charge on any atom is 0.0124 e. The normalized spacial score (nSPS) is 41.2. The molecule has 2 bridgehead atoms. The van der Waals surface area contributed by atoms with Crippen LogP contribution in [0.5, 0.6) is 0 Å². The van der Waals surface area contributed by atoms with Gasteiger partial charge >= 0.3 is 0 Å². The Morgan fingerprint density at radius 2 is 1.75 bits per heavy atom. The molecule has 4 aliphatic carbocycles. The van der Waals surface area contributed by atoms with Crippen LogP contribution in [-0.4, -0.2) is 12.6 Å². The average Bonchev–Trinajstić information content (AvgIpc) is 3.21. The Labute approximate surface area is 98.7 Å². The Bertz CT molecular complexity index is 289. The summed E-state index contributed by atoms with van der Waals surface area (Å²) in [6, 6.07) is 0.906. The Morgan fingerprint density at radius 3 is 2.25 bits per heavy atom. The third-order valence-corrected chi connectivity index (χ3v) is 5.29. The monoisotopic (exact) mass is 217 g/mol. The lowest BCUT2D eigenvalue weighted by Gasteiger charge is -2.24. The summed E-state index contributed by atoms with van der Waals surface area (Å²) in [6.07, 6.45) is 13.9. The van der Waals surface area contributed by atoms with Crippen LogP contribution in [0.2, 0.25) is 0 Å². The highest BCUT2D eigenvalue weighted by molar-refractivity contribution is 5.10. The van der Waals surface area contributed by atoms with E-state index in [2.05, 4.69) is 17.5 Å². The first-order valence-electron chi connectivity index (χ1n) is 7.32. The van der Waals surface area contributed by atoms with Crippen molar-refractivity contribution in [1.82, 2.24) is 5.32 Å². The lowest BCUT2D eigenvalue weighted by atomic mass is 9.93. The van der Waals surface area contributed by atoms with Gasteiger partial charge in [0.05, 0.1) is 0 Å². The molecular weight excluding hydrogens is 194 g/mol. The summed E-state index contributed by atoms with van der Waals surface area (Å²) in [4.78, 5) is 0. The zero-order valence-electron chi connectivity index (χ0n) is 10.1. The van der Waals surface area contributed by atoms with E-state index >= 15 is 0 Å². The molecule has 16 heavy (non-hydrogen) atoms. The number of hydrogen-bond donors (Lipinski definition) is 1. The molecule has 0 aromatic carbocycles. The molecular formula is C15H23N. The van der Waals surface area contributed by atoms with Crippen LogP contribution in [-0.2, 0) is 0 Å². The van der Waals surface area contributed by atoms with Gasteiger partial charge in [-0.05, 0) is 74.7 Å². The maximum absolute atomic E-state index is 3.94. The van der Waals surface area contributed by atoms with Gasteiger partial charge in [0, 0.05) is 6.04 Å². The van der Waals surface area contributed by atoms with Crippen LogP contribution in [0.3, 0.4) is 0 Å². The van der Waals surface area contributed by atoms with E-state index in [0.717, 1.165) is 35.6 Å². The molecule has 0 aromatic rings. The van der Waals surface area contributed by atoms with Crippen molar-refractivity contribution in [2.45, 2.75) is 44.6 Å². The Kier molecular flexibility index (Phi) is 2.18. The summed E-state index contributed by atoms with van der Waals surface area (Å²) >= 11 is 0. The molecule has 0 saturated heterocycles. The number of nitrogens with one attached hydrogen (secondary N) is 1. The molecule has 1 heteroatoms. The number of fused-ring (bicyclic) bond motifs is 2. The zero-order chi connectivity index (χ0) is 10.5. The Balaban J connectivity index is 1.32. The first-order chi connectivity index (χ1) is 7.90. The van der Waals surface area contributed by atoms with Crippen molar-refractivity contribution in [3.8, 4) is 0 Å². The minimum absolute atomic E-state index is 0.906. The molecule has 0 radical (unpaired) electrons. The minimum atomic E-state index is 0.906. The third-order valence-electron chi connectivity index (χ3n) is 5.29. The van der Waals surface area contributed by atoms with Crippen molar-refractivity contribution in [3.63, 3.8) is 0 Å². The van der Waals surface area contributed by atoms with Gasteiger partial charge in [-0.2, -0.15) is 0 Å². The van der Waals surface area contributed by atoms with Gasteiger partial charge < -0.3 is 5.32 Å². The Morgan fingerprint density at radius 1 is 1.00 bits per heavy atom. The molecule has 3 atom stereocenters. The van der Waals surface area contributed by atoms with Gasteiger partial charge in [0.1, 0.15) is 0 Å². The molecule has 0 aliphatic heterocycles. The molecule has 88 valence electrons. The molecule has 0 aromatic heterocycles. The highest BCUT2D eigenvalue weighted by atomic mass is 15.0. The van der Waals surface area contributed by atoms with Crippen LogP contribution in [0.4, 0.5) is 0 Å². The van der Waals surface area contributed by atoms with E-state index in [-0.39, 0.29) is 0 Å². The summed E-state index contributed by atoms with van der Waals surface area (Å²) in [5.74, 6) is 4.95. The first-order valence-corrected chi connectivity index (χ1v) is 7.32. The van der Waals surface area contributed by atoms with Crippen molar-refractivity contribution < 1.29 is 0 Å². The van der Waals surface area contributed by atoms with Crippen LogP contribution in [0.25, 0.3) is 0 Å². The van der Waals surface area contributed by atoms with Crippen molar-refractivity contribution in [2.24, 2.45) is 29.6 Å². The SMILES string of the molecule is C1=CC2CC1CC2CNC(C1CC1)C1CC1. The fraction of sp³-hybridized carbons (Fsp3) is 0.867. The summed E-state index contributed by atoms with van der Waals surface area (Å²) < 4.78 is 0. The maximum atomic E-state index is 3.94. The van der Waals surface area contributed by atoms with Crippen LogP contribution < -0.4 is 5.32 Å². The van der Waals surface area contributed by atoms with Gasteiger partial charge in [-0.1, -0.05) is 12.2 Å². The number of allylic oxidation sites excluding steroid dienone is 2. The second-order valence-electron chi connectivity index (χ2n) is 6.65. The quantitative estimate of drug-likeness (QED) is 0.698. The predicted molar refractivity (Wildman–Crippen MR) is 66.1 cm³/mol. The smallest absolute Gasteiger partial charge is 0.0124 e. The van der Waals surface area contributed by atoms with Crippen LogP contribution in [0.1, 0.15) is 38.5 Å². The molecule has 3 saturated carbocycles. The van der Waals surface area contributed by atoms with Crippen molar-refractivity contribution >= 4 is 0 Å². The molecule has 1 nitrogen and oxygen atoms in total. The summed E-state index contributed by atoms with van der Waals surface area (Å²) in [5, 5.41) is 3.94. The molecule has 4 rings (SSSR count). The van der Waals surface area contributed by atoms with Gasteiger partial charge in [0.25, 0.3) is 0 Å². The van der Waals surface area contributed by atoms with Crippen molar-refractivity contribution in [2.75, 3.05) is 6.54 Å². The minimum Gasteiger partial charge on any atom is -0.313 e. The van der Waals surface area contributed by atoms with E-state index in [9.17, 15) is 0 Å². The largest absolute Gasteiger partial charge is 0.313 e. The second-order valence-corrected chi connectivity index (χ2v) is 6.65. The van der Waals surface area contributed by atoms with Crippen molar-refractivity contribution in [3.05, 3.63) is 12.2 Å². The van der Waals surface area contributed by atoms with Crippen LogP contribution in [0, 0.1) is 29.6 Å². The molecule has 0 heterocycles. The van der Waals surface area contributed by atoms with Gasteiger partial charge in [-0.3, -0.25) is 0 Å². The van der Waals surface area contributed by atoms with E-state index in [0.29, 0.717) is 0 Å². The lowest BCUT2D eigenvalue weighted by molar-refractivity contribution is 0.345. The highest BCUT2D eigenvalue weighted by Crippen LogP contribution is 2.46. The van der Waals surface area contributed by atoms with E-state index in [1.807, 2.05) is 0 Å². The van der Waals surface area contributed by atoms with Gasteiger partial charge in [-0.25, -0.2) is 0 Å². The number of rotatable bonds is 5. The van der Waals surface area contributed by atoms with E-state index < -0.39 is 0 Å². The molecule has 0 amide bonds. The van der Waals surface area contributed by atoms with E-state index in [1.54, 1.807) is 0 Å². The molecule has 1 N–H and O–H groups in total. The van der Waals surface area contributed by atoms with E-state index in [4.69, 9.17) is 0 Å². The van der Waals surface area contributed by atoms with Crippen LogP contribution in [0.15, 0.2) is 12.2 Å². The van der Waals surface area contributed by atoms with Crippen LogP contribution >= 0.6 is 0 Å². The Hall–Kier alpha value is -0.300. The fourth-order valence-corrected chi connectivity index (χ4v) is 4.05. The first kappa shape index (κ1) is 9.70.